The van der Waals surface area contributed by atoms with Crippen molar-refractivity contribution >= 4 is 44.8 Å². The minimum atomic E-state index is -3.67. The number of amides is 1. The fourth-order valence-electron chi connectivity index (χ4n) is 6.30. The second-order valence-electron chi connectivity index (χ2n) is 11.5. The lowest BCUT2D eigenvalue weighted by Gasteiger charge is -2.52. The minimum Gasteiger partial charge on any atom is -0.329 e. The van der Waals surface area contributed by atoms with E-state index < -0.39 is 15.4 Å². The molecular formula is C32H35Cl2N3O3S. The number of carbonyl (C=O) groups excluding carboxylic acids is 1. The summed E-state index contributed by atoms with van der Waals surface area (Å²) in [6.45, 7) is 6.11. The van der Waals surface area contributed by atoms with Crippen LogP contribution in [-0.2, 0) is 14.8 Å². The number of rotatable bonds is 10. The van der Waals surface area contributed by atoms with Gasteiger partial charge in [-0.3, -0.25) is 14.1 Å². The monoisotopic (exact) mass is 611 g/mol. The topological polar surface area (TPSA) is 70.6 Å². The number of halogens is 2. The van der Waals surface area contributed by atoms with Crippen LogP contribution in [0.5, 0.6) is 0 Å². The van der Waals surface area contributed by atoms with Crippen molar-refractivity contribution in [1.82, 2.24) is 9.88 Å². The molecule has 2 fully saturated rings. The normalized spacial score (nSPS) is 23.7. The average molecular weight is 613 g/mol. The molecule has 1 saturated carbocycles. The zero-order valence-electron chi connectivity index (χ0n) is 23.3. The predicted molar refractivity (Wildman–Crippen MR) is 166 cm³/mol. The van der Waals surface area contributed by atoms with Gasteiger partial charge in [-0.2, -0.15) is 0 Å². The van der Waals surface area contributed by atoms with Crippen LogP contribution in [0.15, 0.2) is 85.7 Å². The molecule has 216 valence electrons. The van der Waals surface area contributed by atoms with E-state index in [1.807, 2.05) is 54.3 Å². The molecule has 1 aliphatic carbocycles. The van der Waals surface area contributed by atoms with E-state index in [0.717, 1.165) is 24.0 Å². The first-order valence-electron chi connectivity index (χ1n) is 13.8. The van der Waals surface area contributed by atoms with Gasteiger partial charge in [-0.25, -0.2) is 8.42 Å². The third-order valence-electron chi connectivity index (χ3n) is 8.40. The Kier molecular flexibility index (Phi) is 8.51. The van der Waals surface area contributed by atoms with Crippen LogP contribution < -0.4 is 4.31 Å². The molecule has 1 aliphatic heterocycles. The van der Waals surface area contributed by atoms with Gasteiger partial charge >= 0.3 is 0 Å². The maximum absolute atomic E-state index is 14.7. The number of likely N-dealkylation sites (tertiary alicyclic amines) is 1. The van der Waals surface area contributed by atoms with Gasteiger partial charge in [-0.1, -0.05) is 60.5 Å². The summed E-state index contributed by atoms with van der Waals surface area (Å²) in [5.74, 6) is 0.0804. The Morgan fingerprint density at radius 1 is 1.10 bits per heavy atom. The van der Waals surface area contributed by atoms with E-state index in [9.17, 15) is 13.2 Å². The van der Waals surface area contributed by atoms with Gasteiger partial charge < -0.3 is 4.90 Å². The zero-order valence-corrected chi connectivity index (χ0v) is 25.6. The molecule has 0 radical (unpaired) electrons. The number of sulfonamides is 1. The Bertz CT molecular complexity index is 1510. The number of benzene rings is 2. The summed E-state index contributed by atoms with van der Waals surface area (Å²) in [5.41, 5.74) is 1.74. The Morgan fingerprint density at radius 2 is 1.83 bits per heavy atom. The number of piperidine rings is 1. The summed E-state index contributed by atoms with van der Waals surface area (Å²) >= 11 is 12.8. The Labute approximate surface area is 253 Å². The van der Waals surface area contributed by atoms with Crippen molar-refractivity contribution < 1.29 is 13.2 Å². The number of hydrogen-bond donors (Lipinski definition) is 0. The number of hydrogen-bond acceptors (Lipinski definition) is 4. The number of nitrogens with zero attached hydrogens (tertiary/aromatic N) is 3. The summed E-state index contributed by atoms with van der Waals surface area (Å²) in [6, 6.07) is 18.2. The van der Waals surface area contributed by atoms with Crippen LogP contribution in [0.3, 0.4) is 0 Å². The second kappa shape index (κ2) is 11.8. The highest BCUT2D eigenvalue weighted by Gasteiger charge is 2.54. The quantitative estimate of drug-likeness (QED) is 0.226. The van der Waals surface area contributed by atoms with Crippen LogP contribution in [-0.4, -0.2) is 43.1 Å². The van der Waals surface area contributed by atoms with Gasteiger partial charge in [0.25, 0.3) is 0 Å². The van der Waals surface area contributed by atoms with E-state index in [-0.39, 0.29) is 36.4 Å². The molecule has 0 N–H and O–H groups in total. The fraction of sp³-hybridized carbons (Fsp3) is 0.375. The van der Waals surface area contributed by atoms with Crippen molar-refractivity contribution in [2.75, 3.05) is 17.1 Å². The van der Waals surface area contributed by atoms with Crippen molar-refractivity contribution in [3.63, 3.8) is 0 Å². The van der Waals surface area contributed by atoms with Gasteiger partial charge in [-0.05, 0) is 79.1 Å². The van der Waals surface area contributed by atoms with E-state index in [4.69, 9.17) is 23.2 Å². The number of aromatic nitrogens is 1. The third-order valence-corrected chi connectivity index (χ3v) is 10.0. The average Bonchev–Trinajstić information content (AvgIpc) is 3.77. The predicted octanol–water partition coefficient (Wildman–Crippen LogP) is 7.27. The lowest BCUT2D eigenvalue weighted by molar-refractivity contribution is -0.154. The molecule has 2 aliphatic rings. The fourth-order valence-corrected chi connectivity index (χ4v) is 7.54. The molecule has 2 heterocycles. The number of carbonyl (C=O) groups is 1. The van der Waals surface area contributed by atoms with Gasteiger partial charge in [0.05, 0.1) is 42.2 Å². The van der Waals surface area contributed by atoms with E-state index in [2.05, 4.69) is 17.6 Å². The third kappa shape index (κ3) is 6.32. The van der Waals surface area contributed by atoms with E-state index in [1.165, 1.54) is 10.6 Å². The van der Waals surface area contributed by atoms with Gasteiger partial charge in [-0.15, -0.1) is 6.58 Å². The highest BCUT2D eigenvalue weighted by atomic mass is 35.5. The van der Waals surface area contributed by atoms with E-state index in [1.54, 1.807) is 30.6 Å². The summed E-state index contributed by atoms with van der Waals surface area (Å²) in [4.78, 5) is 20.9. The molecule has 3 aromatic rings. The lowest BCUT2D eigenvalue weighted by Crippen LogP contribution is -2.59. The number of pyridine rings is 1. The molecule has 2 aromatic carbocycles. The molecule has 1 amide bonds. The molecule has 9 heteroatoms. The summed E-state index contributed by atoms with van der Waals surface area (Å²) < 4.78 is 27.7. The van der Waals surface area contributed by atoms with Crippen LogP contribution in [0.4, 0.5) is 5.69 Å². The maximum Gasteiger partial charge on any atom is 0.232 e. The van der Waals surface area contributed by atoms with E-state index >= 15 is 0 Å². The Hall–Kier alpha value is -2.87. The highest BCUT2D eigenvalue weighted by molar-refractivity contribution is 7.92. The second-order valence-corrected chi connectivity index (χ2v) is 14.3. The van der Waals surface area contributed by atoms with Crippen LogP contribution in [0, 0.1) is 11.3 Å². The van der Waals surface area contributed by atoms with Gasteiger partial charge in [0.1, 0.15) is 0 Å². The van der Waals surface area contributed by atoms with Crippen molar-refractivity contribution in [2.24, 2.45) is 11.3 Å². The standard InChI is InChI=1S/C32H35Cl2N3O3S/c1-4-16-32(2)19-28(24-7-5-8-26(34)18-24)30(23-12-14-25(33)15-13-23)37(31(32)38)29(22-10-11-22)21-36(41(3,39)40)27-9-6-17-35-20-27/h4-9,12-15,17-18,20,22,28-30H,1,10-11,16,19,21H2,2-3H3/t28?,29-,30?,32+/m1/s1. The van der Waals surface area contributed by atoms with Crippen molar-refractivity contribution in [2.45, 2.75) is 50.6 Å². The summed E-state index contributed by atoms with van der Waals surface area (Å²) in [7, 11) is -3.67. The molecule has 2 unspecified atom stereocenters. The molecular weight excluding hydrogens is 577 g/mol. The van der Waals surface area contributed by atoms with Gasteiger partial charge in [0.2, 0.25) is 15.9 Å². The first kappa shape index (κ1) is 29.6. The van der Waals surface area contributed by atoms with Crippen LogP contribution in [0.2, 0.25) is 10.0 Å². The van der Waals surface area contributed by atoms with Crippen LogP contribution in [0.1, 0.15) is 55.7 Å². The first-order valence-corrected chi connectivity index (χ1v) is 16.4. The molecule has 6 nitrogen and oxygen atoms in total. The van der Waals surface area contributed by atoms with Gasteiger partial charge in [0, 0.05) is 22.2 Å². The largest absolute Gasteiger partial charge is 0.329 e. The van der Waals surface area contributed by atoms with Crippen LogP contribution >= 0.6 is 23.2 Å². The van der Waals surface area contributed by atoms with Crippen molar-refractivity contribution in [3.05, 3.63) is 107 Å². The Morgan fingerprint density at radius 3 is 2.41 bits per heavy atom. The molecule has 0 spiro atoms. The SMILES string of the molecule is C=CC[C@@]1(C)CC(c2cccc(Cl)c2)C(c2ccc(Cl)cc2)N([C@H](CN(c2cccnc2)S(C)(=O)=O)C2CC2)C1=O. The minimum absolute atomic E-state index is 0.00663. The Balaban J connectivity index is 1.69. The molecule has 0 bridgehead atoms. The lowest BCUT2D eigenvalue weighted by atomic mass is 9.67. The maximum atomic E-state index is 14.7. The molecule has 1 aromatic heterocycles. The highest BCUT2D eigenvalue weighted by Crippen LogP contribution is 2.54. The summed E-state index contributed by atoms with van der Waals surface area (Å²) in [5, 5.41) is 1.24. The molecule has 1 saturated heterocycles. The zero-order chi connectivity index (χ0) is 29.4. The van der Waals surface area contributed by atoms with Crippen molar-refractivity contribution in [1.29, 1.82) is 0 Å². The first-order chi connectivity index (χ1) is 19.5. The van der Waals surface area contributed by atoms with Crippen molar-refractivity contribution in [3.8, 4) is 0 Å². The molecule has 4 atom stereocenters. The number of anilines is 1. The smallest absolute Gasteiger partial charge is 0.232 e. The van der Waals surface area contributed by atoms with Gasteiger partial charge in [0.15, 0.2) is 0 Å². The molecule has 5 rings (SSSR count). The van der Waals surface area contributed by atoms with E-state index in [0.29, 0.717) is 28.6 Å². The number of allylic oxidation sites excluding steroid dienone is 1. The molecule has 41 heavy (non-hydrogen) atoms. The van der Waals surface area contributed by atoms with Crippen LogP contribution in [0.25, 0.3) is 0 Å². The summed E-state index contributed by atoms with van der Waals surface area (Å²) in [6.07, 6.45) is 9.12.